The van der Waals surface area contributed by atoms with Crippen molar-refractivity contribution in [1.29, 1.82) is 0 Å². The zero-order chi connectivity index (χ0) is 11.4. The third-order valence-corrected chi connectivity index (χ3v) is 2.76. The molecule has 0 radical (unpaired) electrons. The van der Waals surface area contributed by atoms with E-state index in [4.69, 9.17) is 5.11 Å². The minimum absolute atomic E-state index is 0.337. The molecule has 0 spiro atoms. The van der Waals surface area contributed by atoms with Gasteiger partial charge in [0.05, 0.1) is 6.20 Å². The van der Waals surface area contributed by atoms with Gasteiger partial charge < -0.3 is 10.4 Å². The van der Waals surface area contributed by atoms with Crippen LogP contribution in [0.25, 0.3) is 0 Å². The average molecular weight is 224 g/mol. The Morgan fingerprint density at radius 1 is 1.62 bits per heavy atom. The Labute approximate surface area is 93.6 Å². The largest absolute Gasteiger partial charge is 0.480 e. The van der Waals surface area contributed by atoms with Gasteiger partial charge in [0.2, 0.25) is 0 Å². The molecule has 88 valence electrons. The summed E-state index contributed by atoms with van der Waals surface area (Å²) < 4.78 is 1.74. The number of carboxylic acids is 1. The van der Waals surface area contributed by atoms with Crippen LogP contribution >= 0.6 is 0 Å². The maximum absolute atomic E-state index is 10.9. The fraction of sp³-hybridized carbons (Fsp3) is 0.700. The van der Waals surface area contributed by atoms with Crippen molar-refractivity contribution in [3.05, 3.63) is 12.4 Å². The van der Waals surface area contributed by atoms with Crippen LogP contribution in [0.4, 0.5) is 0 Å². The highest BCUT2D eigenvalue weighted by Crippen LogP contribution is 2.32. The molecule has 2 N–H and O–H groups in total. The fourth-order valence-electron chi connectivity index (χ4n) is 1.74. The lowest BCUT2D eigenvalue weighted by Crippen LogP contribution is -2.39. The summed E-state index contributed by atoms with van der Waals surface area (Å²) in [5.41, 5.74) is 0. The molecule has 1 fully saturated rings. The van der Waals surface area contributed by atoms with Crippen molar-refractivity contribution < 1.29 is 9.90 Å². The van der Waals surface area contributed by atoms with Crippen molar-refractivity contribution in [2.45, 2.75) is 31.8 Å². The van der Waals surface area contributed by atoms with E-state index in [9.17, 15) is 4.79 Å². The number of carbonyl (C=O) groups is 1. The maximum Gasteiger partial charge on any atom is 0.320 e. The number of nitrogens with zero attached hydrogens (tertiary/aromatic N) is 3. The first kappa shape index (κ1) is 11.1. The van der Waals surface area contributed by atoms with E-state index in [2.05, 4.69) is 15.6 Å². The highest BCUT2D eigenvalue weighted by molar-refractivity contribution is 5.74. The van der Waals surface area contributed by atoms with Gasteiger partial charge in [0, 0.05) is 12.7 Å². The van der Waals surface area contributed by atoms with Gasteiger partial charge in [-0.25, -0.2) is 0 Å². The summed E-state index contributed by atoms with van der Waals surface area (Å²) in [6.45, 7) is 1.47. The summed E-state index contributed by atoms with van der Waals surface area (Å²) in [6.07, 6.45) is 6.37. The third kappa shape index (κ3) is 3.03. The average Bonchev–Trinajstić information content (AvgIpc) is 2.94. The summed E-state index contributed by atoms with van der Waals surface area (Å²) in [4.78, 5) is 10.9. The number of nitrogens with one attached hydrogen (secondary N) is 1. The molecule has 6 heteroatoms. The van der Waals surface area contributed by atoms with Crippen LogP contribution in [-0.4, -0.2) is 38.7 Å². The van der Waals surface area contributed by atoms with Crippen LogP contribution in [0.1, 0.15) is 19.3 Å². The van der Waals surface area contributed by atoms with Crippen molar-refractivity contribution in [2.24, 2.45) is 5.92 Å². The predicted molar refractivity (Wildman–Crippen MR) is 56.8 cm³/mol. The van der Waals surface area contributed by atoms with Gasteiger partial charge in [0.15, 0.2) is 0 Å². The predicted octanol–water partition coefficient (Wildman–Crippen LogP) is 0.121. The molecule has 0 saturated heterocycles. The minimum atomic E-state index is -0.733. The number of aromatic nitrogens is 3. The molecule has 1 aliphatic rings. The first-order valence-electron chi connectivity index (χ1n) is 5.57. The van der Waals surface area contributed by atoms with Gasteiger partial charge in [-0.1, -0.05) is 5.21 Å². The summed E-state index contributed by atoms with van der Waals surface area (Å²) in [5, 5.41) is 19.6. The minimum Gasteiger partial charge on any atom is -0.480 e. The first-order chi connectivity index (χ1) is 7.77. The van der Waals surface area contributed by atoms with Crippen LogP contribution in [0.2, 0.25) is 0 Å². The SMILES string of the molecule is O=C(O)C(NCCCn1ccnn1)C1CC1. The normalized spacial score (nSPS) is 17.2. The molecule has 6 nitrogen and oxygen atoms in total. The Bertz CT molecular complexity index is 335. The number of carboxylic acid groups (broad SMARTS) is 1. The van der Waals surface area contributed by atoms with Gasteiger partial charge in [-0.2, -0.15) is 0 Å². The number of aryl methyl sites for hydroxylation is 1. The zero-order valence-corrected chi connectivity index (χ0v) is 9.04. The molecule has 1 heterocycles. The number of hydrogen-bond donors (Lipinski definition) is 2. The highest BCUT2D eigenvalue weighted by atomic mass is 16.4. The van der Waals surface area contributed by atoms with Crippen LogP contribution < -0.4 is 5.32 Å². The van der Waals surface area contributed by atoms with Crippen LogP contribution in [0, 0.1) is 5.92 Å². The van der Waals surface area contributed by atoms with E-state index < -0.39 is 5.97 Å². The lowest BCUT2D eigenvalue weighted by molar-refractivity contribution is -0.140. The van der Waals surface area contributed by atoms with E-state index in [1.165, 1.54) is 0 Å². The van der Waals surface area contributed by atoms with Gasteiger partial charge in [-0.3, -0.25) is 9.48 Å². The Morgan fingerprint density at radius 2 is 2.44 bits per heavy atom. The second-order valence-corrected chi connectivity index (χ2v) is 4.13. The molecular weight excluding hydrogens is 208 g/mol. The van der Waals surface area contributed by atoms with Gasteiger partial charge >= 0.3 is 5.97 Å². The molecule has 0 aromatic carbocycles. The summed E-state index contributed by atoms with van der Waals surface area (Å²) in [6, 6.07) is -0.365. The van der Waals surface area contributed by atoms with Gasteiger partial charge in [-0.05, 0) is 31.7 Å². The first-order valence-corrected chi connectivity index (χ1v) is 5.57. The lowest BCUT2D eigenvalue weighted by Gasteiger charge is -2.12. The van der Waals surface area contributed by atoms with Gasteiger partial charge in [0.1, 0.15) is 6.04 Å². The van der Waals surface area contributed by atoms with Gasteiger partial charge in [0.25, 0.3) is 0 Å². The molecule has 2 rings (SSSR count). The lowest BCUT2D eigenvalue weighted by atomic mass is 10.2. The molecule has 1 aromatic heterocycles. The molecule has 1 aromatic rings. The third-order valence-electron chi connectivity index (χ3n) is 2.76. The quantitative estimate of drug-likeness (QED) is 0.643. The number of rotatable bonds is 7. The molecule has 1 unspecified atom stereocenters. The Balaban J connectivity index is 1.64. The topological polar surface area (TPSA) is 80.0 Å². The van der Waals surface area contributed by atoms with E-state index in [0.29, 0.717) is 12.5 Å². The Hall–Kier alpha value is -1.43. The molecule has 0 aliphatic heterocycles. The van der Waals surface area contributed by atoms with E-state index in [1.54, 1.807) is 17.1 Å². The number of aliphatic carboxylic acids is 1. The Kier molecular flexibility index (Phi) is 3.51. The monoisotopic (exact) mass is 224 g/mol. The molecule has 0 amide bonds. The van der Waals surface area contributed by atoms with E-state index in [-0.39, 0.29) is 6.04 Å². The van der Waals surface area contributed by atoms with E-state index >= 15 is 0 Å². The van der Waals surface area contributed by atoms with Crippen molar-refractivity contribution in [1.82, 2.24) is 20.3 Å². The maximum atomic E-state index is 10.9. The summed E-state index contributed by atoms with van der Waals surface area (Å²) >= 11 is 0. The van der Waals surface area contributed by atoms with Crippen molar-refractivity contribution >= 4 is 5.97 Å². The fourth-order valence-corrected chi connectivity index (χ4v) is 1.74. The molecular formula is C10H16N4O2. The van der Waals surface area contributed by atoms with Crippen LogP contribution in [0.3, 0.4) is 0 Å². The molecule has 1 saturated carbocycles. The van der Waals surface area contributed by atoms with Crippen LogP contribution in [0.15, 0.2) is 12.4 Å². The highest BCUT2D eigenvalue weighted by Gasteiger charge is 2.35. The second kappa shape index (κ2) is 5.07. The van der Waals surface area contributed by atoms with Gasteiger partial charge in [-0.15, -0.1) is 5.10 Å². The van der Waals surface area contributed by atoms with Crippen molar-refractivity contribution in [3.63, 3.8) is 0 Å². The number of hydrogen-bond acceptors (Lipinski definition) is 4. The molecule has 1 atom stereocenters. The van der Waals surface area contributed by atoms with Crippen LogP contribution in [0.5, 0.6) is 0 Å². The smallest absolute Gasteiger partial charge is 0.320 e. The van der Waals surface area contributed by atoms with E-state index in [1.807, 2.05) is 0 Å². The zero-order valence-electron chi connectivity index (χ0n) is 9.04. The summed E-state index contributed by atoms with van der Waals surface area (Å²) in [5.74, 6) is -0.396. The second-order valence-electron chi connectivity index (χ2n) is 4.13. The van der Waals surface area contributed by atoms with Crippen molar-refractivity contribution in [3.8, 4) is 0 Å². The van der Waals surface area contributed by atoms with Crippen LogP contribution in [-0.2, 0) is 11.3 Å². The molecule has 0 bridgehead atoms. The standard InChI is InChI=1S/C10H16N4O2/c15-10(16)9(8-2-3-8)11-4-1-6-14-7-5-12-13-14/h5,7-9,11H,1-4,6H2,(H,15,16). The van der Waals surface area contributed by atoms with E-state index in [0.717, 1.165) is 25.8 Å². The molecule has 1 aliphatic carbocycles. The summed E-state index contributed by atoms with van der Waals surface area (Å²) in [7, 11) is 0. The van der Waals surface area contributed by atoms with Crippen molar-refractivity contribution in [2.75, 3.05) is 6.54 Å². The Morgan fingerprint density at radius 3 is 3.00 bits per heavy atom. The molecule has 16 heavy (non-hydrogen) atoms.